The minimum Gasteiger partial charge on any atom is -0.465 e. The first-order chi connectivity index (χ1) is 14.0. The predicted molar refractivity (Wildman–Crippen MR) is 111 cm³/mol. The van der Waals surface area contributed by atoms with Crippen molar-refractivity contribution in [2.75, 3.05) is 0 Å². The number of carboxylic acid groups (broad SMARTS) is 1. The van der Waals surface area contributed by atoms with E-state index in [1.807, 2.05) is 91.0 Å². The lowest BCUT2D eigenvalue weighted by Gasteiger charge is -2.19. The van der Waals surface area contributed by atoms with Gasteiger partial charge in [-0.3, -0.25) is 4.90 Å². The van der Waals surface area contributed by atoms with Crippen molar-refractivity contribution >= 4 is 12.2 Å². The van der Waals surface area contributed by atoms with Gasteiger partial charge in [-0.25, -0.2) is 9.59 Å². The van der Waals surface area contributed by atoms with Gasteiger partial charge in [-0.2, -0.15) is 0 Å². The standard InChI is InChI=1S/C15H15NO2.C8H9NO2/c17-15(18)16(11-13-7-3-1-4-8-13)12-14-9-5-2-6-10-14;9-8(10)11-6-7-4-2-1-3-5-7/h1-10H,11-12H2,(H,17,18);1-5H,6H2,(H2,9,10). The normalized spacial score (nSPS) is 9.66. The van der Waals surface area contributed by atoms with Crippen LogP contribution in [0.25, 0.3) is 0 Å². The van der Waals surface area contributed by atoms with Crippen LogP contribution in [-0.4, -0.2) is 22.2 Å². The Morgan fingerprint density at radius 2 is 1.10 bits per heavy atom. The predicted octanol–water partition coefficient (Wildman–Crippen LogP) is 4.65. The highest BCUT2D eigenvalue weighted by atomic mass is 16.5. The lowest BCUT2D eigenvalue weighted by atomic mass is 10.2. The van der Waals surface area contributed by atoms with Gasteiger partial charge in [-0.05, 0) is 16.7 Å². The van der Waals surface area contributed by atoms with E-state index in [1.54, 1.807) is 0 Å². The number of carbonyl (C=O) groups is 2. The Balaban J connectivity index is 0.000000234. The average Bonchev–Trinajstić information content (AvgIpc) is 2.74. The summed E-state index contributed by atoms with van der Waals surface area (Å²) in [5, 5.41) is 9.22. The van der Waals surface area contributed by atoms with Crippen molar-refractivity contribution in [2.45, 2.75) is 19.7 Å². The number of nitrogens with zero attached hydrogens (tertiary/aromatic N) is 1. The van der Waals surface area contributed by atoms with Crippen LogP contribution < -0.4 is 5.73 Å². The molecule has 3 rings (SSSR count). The largest absolute Gasteiger partial charge is 0.465 e. The first kappa shape index (κ1) is 21.5. The van der Waals surface area contributed by atoms with E-state index in [0.29, 0.717) is 13.1 Å². The van der Waals surface area contributed by atoms with Crippen molar-refractivity contribution in [1.82, 2.24) is 4.90 Å². The number of nitrogens with two attached hydrogens (primary N) is 1. The van der Waals surface area contributed by atoms with Gasteiger partial charge < -0.3 is 15.6 Å². The fourth-order valence-corrected chi connectivity index (χ4v) is 2.53. The summed E-state index contributed by atoms with van der Waals surface area (Å²) in [6.07, 6.45) is -1.64. The Bertz CT molecular complexity index is 830. The summed E-state index contributed by atoms with van der Waals surface area (Å²) in [5.74, 6) is 0. The Hall–Kier alpha value is -3.80. The lowest BCUT2D eigenvalue weighted by Crippen LogP contribution is -2.28. The summed E-state index contributed by atoms with van der Waals surface area (Å²) in [4.78, 5) is 22.8. The topological polar surface area (TPSA) is 92.9 Å². The van der Waals surface area contributed by atoms with Crippen molar-refractivity contribution in [3.8, 4) is 0 Å². The van der Waals surface area contributed by atoms with Gasteiger partial charge in [-0.1, -0.05) is 91.0 Å². The second-order valence-electron chi connectivity index (χ2n) is 6.20. The molecule has 0 atom stereocenters. The quantitative estimate of drug-likeness (QED) is 0.639. The molecule has 0 spiro atoms. The fraction of sp³-hybridized carbons (Fsp3) is 0.130. The summed E-state index contributed by atoms with van der Waals surface area (Å²) in [7, 11) is 0. The van der Waals surface area contributed by atoms with Crippen LogP contribution in [0.5, 0.6) is 0 Å². The third kappa shape index (κ3) is 8.62. The van der Waals surface area contributed by atoms with E-state index in [1.165, 1.54) is 4.90 Å². The van der Waals surface area contributed by atoms with Crippen LogP contribution in [-0.2, 0) is 24.4 Å². The molecule has 0 aliphatic carbocycles. The third-order valence-electron chi connectivity index (χ3n) is 3.93. The summed E-state index contributed by atoms with van der Waals surface area (Å²) in [5.41, 5.74) is 7.71. The molecule has 0 unspecified atom stereocenters. The van der Waals surface area contributed by atoms with Crippen LogP contribution in [0, 0.1) is 0 Å². The molecule has 0 aliphatic rings. The zero-order valence-electron chi connectivity index (χ0n) is 16.0. The number of benzene rings is 3. The summed E-state index contributed by atoms with van der Waals surface area (Å²) in [6.45, 7) is 1.06. The van der Waals surface area contributed by atoms with Crippen molar-refractivity contribution in [2.24, 2.45) is 5.73 Å². The van der Waals surface area contributed by atoms with Crippen LogP contribution in [0.2, 0.25) is 0 Å². The summed E-state index contributed by atoms with van der Waals surface area (Å²) < 4.78 is 4.57. The zero-order chi connectivity index (χ0) is 20.9. The van der Waals surface area contributed by atoms with E-state index in [0.717, 1.165) is 16.7 Å². The molecule has 0 aromatic heterocycles. The number of primary amides is 1. The van der Waals surface area contributed by atoms with Crippen molar-refractivity contribution < 1.29 is 19.4 Å². The van der Waals surface area contributed by atoms with E-state index in [2.05, 4.69) is 4.74 Å². The molecule has 0 heterocycles. The third-order valence-corrected chi connectivity index (χ3v) is 3.93. The van der Waals surface area contributed by atoms with Gasteiger partial charge in [0.05, 0.1) is 0 Å². The van der Waals surface area contributed by atoms with E-state index < -0.39 is 12.2 Å². The molecule has 0 fully saturated rings. The smallest absolute Gasteiger partial charge is 0.407 e. The van der Waals surface area contributed by atoms with Crippen LogP contribution in [0.15, 0.2) is 91.0 Å². The molecule has 29 heavy (non-hydrogen) atoms. The molecule has 0 bridgehead atoms. The van der Waals surface area contributed by atoms with Gasteiger partial charge in [0, 0.05) is 13.1 Å². The van der Waals surface area contributed by atoms with Gasteiger partial charge in [0.15, 0.2) is 0 Å². The second kappa shape index (κ2) is 11.8. The van der Waals surface area contributed by atoms with Gasteiger partial charge in [-0.15, -0.1) is 0 Å². The first-order valence-electron chi connectivity index (χ1n) is 9.06. The minimum atomic E-state index is -0.900. The summed E-state index contributed by atoms with van der Waals surface area (Å²) in [6, 6.07) is 28.6. The molecule has 2 amide bonds. The Morgan fingerprint density at radius 1 is 0.724 bits per heavy atom. The molecule has 0 aliphatic heterocycles. The maximum atomic E-state index is 11.2. The Labute approximate surface area is 170 Å². The molecule has 3 aromatic rings. The monoisotopic (exact) mass is 392 g/mol. The number of hydrogen-bond donors (Lipinski definition) is 2. The lowest BCUT2D eigenvalue weighted by molar-refractivity contribution is 0.139. The number of rotatable bonds is 6. The molecule has 6 nitrogen and oxygen atoms in total. The molecule has 0 saturated heterocycles. The van der Waals surface area contributed by atoms with Gasteiger partial charge in [0.2, 0.25) is 0 Å². The number of carbonyl (C=O) groups excluding carboxylic acids is 1. The number of hydrogen-bond acceptors (Lipinski definition) is 3. The van der Waals surface area contributed by atoms with Crippen LogP contribution >= 0.6 is 0 Å². The molecular formula is C23H24N2O4. The highest BCUT2D eigenvalue weighted by Gasteiger charge is 2.12. The fourth-order valence-electron chi connectivity index (χ4n) is 2.53. The molecule has 0 radical (unpaired) electrons. The van der Waals surface area contributed by atoms with Gasteiger partial charge in [0.1, 0.15) is 6.61 Å². The van der Waals surface area contributed by atoms with Crippen LogP contribution in [0.3, 0.4) is 0 Å². The Morgan fingerprint density at radius 3 is 1.45 bits per heavy atom. The zero-order valence-corrected chi connectivity index (χ0v) is 16.0. The average molecular weight is 392 g/mol. The minimum absolute atomic E-state index is 0.246. The van der Waals surface area contributed by atoms with Crippen molar-refractivity contribution in [3.05, 3.63) is 108 Å². The highest BCUT2D eigenvalue weighted by Crippen LogP contribution is 2.10. The van der Waals surface area contributed by atoms with E-state index in [9.17, 15) is 14.7 Å². The van der Waals surface area contributed by atoms with E-state index in [4.69, 9.17) is 5.73 Å². The first-order valence-corrected chi connectivity index (χ1v) is 9.06. The number of ether oxygens (including phenoxy) is 1. The molecule has 0 saturated carbocycles. The van der Waals surface area contributed by atoms with E-state index in [-0.39, 0.29) is 6.61 Å². The molecule has 3 N–H and O–H groups in total. The summed E-state index contributed by atoms with van der Waals surface area (Å²) >= 11 is 0. The maximum absolute atomic E-state index is 11.2. The van der Waals surface area contributed by atoms with E-state index >= 15 is 0 Å². The SMILES string of the molecule is NC(=O)OCc1ccccc1.O=C(O)N(Cc1ccccc1)Cc1ccccc1. The number of amides is 2. The highest BCUT2D eigenvalue weighted by molar-refractivity contribution is 5.65. The van der Waals surface area contributed by atoms with Gasteiger partial charge in [0.25, 0.3) is 0 Å². The molecular weight excluding hydrogens is 368 g/mol. The molecule has 150 valence electrons. The van der Waals surface area contributed by atoms with Gasteiger partial charge >= 0.3 is 12.2 Å². The van der Waals surface area contributed by atoms with Crippen LogP contribution in [0.1, 0.15) is 16.7 Å². The maximum Gasteiger partial charge on any atom is 0.407 e. The Kier molecular flexibility index (Phi) is 8.76. The molecule has 3 aromatic carbocycles. The molecule has 6 heteroatoms. The van der Waals surface area contributed by atoms with Crippen molar-refractivity contribution in [1.29, 1.82) is 0 Å². The van der Waals surface area contributed by atoms with Crippen molar-refractivity contribution in [3.63, 3.8) is 0 Å². The van der Waals surface area contributed by atoms with Crippen LogP contribution in [0.4, 0.5) is 9.59 Å². The second-order valence-corrected chi connectivity index (χ2v) is 6.20.